The molecule has 0 aliphatic heterocycles. The lowest BCUT2D eigenvalue weighted by atomic mass is 10.1. The van der Waals surface area contributed by atoms with Gasteiger partial charge in [-0.05, 0) is 63.6 Å². The summed E-state index contributed by atoms with van der Waals surface area (Å²) in [6.45, 7) is 1.05. The van der Waals surface area contributed by atoms with Crippen molar-refractivity contribution in [2.24, 2.45) is 0 Å². The molecule has 5 rings (SSSR count). The normalized spacial score (nSPS) is 12.2. The van der Waals surface area contributed by atoms with Gasteiger partial charge in [-0.3, -0.25) is 0 Å². The summed E-state index contributed by atoms with van der Waals surface area (Å²) in [5, 5.41) is 19.0. The van der Waals surface area contributed by atoms with Crippen molar-refractivity contribution in [3.63, 3.8) is 0 Å². The van der Waals surface area contributed by atoms with Crippen molar-refractivity contribution >= 4 is 41.8 Å². The fraction of sp³-hybridized carbons (Fsp3) is 0.130. The number of ether oxygens (including phenoxy) is 1. The maximum atomic E-state index is 12.1. The number of nitrogens with zero attached hydrogens (tertiary/aromatic N) is 5. The van der Waals surface area contributed by atoms with E-state index in [0.717, 1.165) is 33.1 Å². The second kappa shape index (κ2) is 9.74. The van der Waals surface area contributed by atoms with Crippen LogP contribution in [0, 0.1) is 6.92 Å². The smallest absolute Gasteiger partial charge is 0.365 e. The number of hydrogen-bond donors (Lipinski definition) is 1. The van der Waals surface area contributed by atoms with Gasteiger partial charge in [0.2, 0.25) is 0 Å². The molecule has 2 aromatic heterocycles. The average Bonchev–Trinajstić information content (AvgIpc) is 3.51. The number of methoxy groups -OCH3 is 1. The van der Waals surface area contributed by atoms with E-state index >= 15 is 0 Å². The maximum Gasteiger partial charge on any atom is 0.365 e. The number of hydrogen-bond acceptors (Lipinski definition) is 12. The van der Waals surface area contributed by atoms with Crippen molar-refractivity contribution in [3.05, 3.63) is 65.7 Å². The third kappa shape index (κ3) is 5.12. The van der Waals surface area contributed by atoms with Crippen LogP contribution in [0.15, 0.2) is 64.4 Å². The Morgan fingerprint density at radius 1 is 1.03 bits per heavy atom. The molecule has 0 spiro atoms. The Morgan fingerprint density at radius 2 is 1.79 bits per heavy atom. The first kappa shape index (κ1) is 26.8. The molecular weight excluding hydrogens is 570 g/mol. The van der Waals surface area contributed by atoms with Gasteiger partial charge in [-0.1, -0.05) is 28.5 Å². The average molecular weight is 589 g/mol. The minimum Gasteiger partial charge on any atom is -0.744 e. The van der Waals surface area contributed by atoms with Crippen molar-refractivity contribution in [1.82, 2.24) is 20.0 Å². The van der Waals surface area contributed by atoms with E-state index in [4.69, 9.17) is 4.74 Å². The highest BCUT2D eigenvalue weighted by molar-refractivity contribution is 7.86. The number of aryl methyl sites for hydroxylation is 1. The Bertz CT molecular complexity index is 1970. The molecule has 0 aliphatic rings. The topological polar surface area (TPSA) is 191 Å². The van der Waals surface area contributed by atoms with E-state index in [1.54, 1.807) is 31.2 Å². The van der Waals surface area contributed by atoms with Gasteiger partial charge in [-0.2, -0.15) is 0 Å². The summed E-state index contributed by atoms with van der Waals surface area (Å²) in [5.41, 5.74) is 1.11. The summed E-state index contributed by atoms with van der Waals surface area (Å²) in [4.78, 5) is 5.63. The predicted molar refractivity (Wildman–Crippen MR) is 135 cm³/mol. The lowest BCUT2D eigenvalue weighted by molar-refractivity contribution is -0.734. The van der Waals surface area contributed by atoms with Gasteiger partial charge in [0.25, 0.3) is 5.82 Å². The van der Waals surface area contributed by atoms with E-state index in [1.807, 2.05) is 0 Å². The molecule has 0 radical (unpaired) electrons. The van der Waals surface area contributed by atoms with Gasteiger partial charge >= 0.3 is 5.13 Å². The number of thiazole rings is 1. The zero-order valence-corrected chi connectivity index (χ0v) is 22.6. The maximum absolute atomic E-state index is 12.1. The number of benzene rings is 3. The van der Waals surface area contributed by atoms with E-state index in [-0.39, 0.29) is 27.8 Å². The van der Waals surface area contributed by atoms with Crippen LogP contribution in [-0.4, -0.2) is 58.1 Å². The van der Waals surface area contributed by atoms with Crippen LogP contribution in [0.5, 0.6) is 5.75 Å². The number of fused-ring (bicyclic) bond motifs is 1. The highest BCUT2D eigenvalue weighted by Gasteiger charge is 2.28. The Kier molecular flexibility index (Phi) is 6.69. The van der Waals surface area contributed by atoms with Gasteiger partial charge in [-0.15, -0.1) is 0 Å². The van der Waals surface area contributed by atoms with Crippen molar-refractivity contribution in [2.75, 3.05) is 7.11 Å². The Hall–Kier alpha value is -3.80. The van der Waals surface area contributed by atoms with E-state index in [0.29, 0.717) is 21.5 Å². The van der Waals surface area contributed by atoms with Crippen LogP contribution in [0.2, 0.25) is 0 Å². The van der Waals surface area contributed by atoms with Crippen LogP contribution in [0.1, 0.15) is 11.1 Å². The summed E-state index contributed by atoms with van der Waals surface area (Å²) >= 11 is 1.16. The second-order valence-electron chi connectivity index (χ2n) is 8.29. The van der Waals surface area contributed by atoms with Gasteiger partial charge in [-0.25, -0.2) is 16.8 Å². The molecule has 202 valence electrons. The molecule has 1 N–H and O–H groups in total. The number of aliphatic hydroxyl groups excluding tert-OH is 1. The van der Waals surface area contributed by atoms with Crippen LogP contribution < -0.4 is 9.53 Å². The van der Waals surface area contributed by atoms with Crippen LogP contribution in [-0.2, 0) is 26.8 Å². The Balaban J connectivity index is 1.83. The van der Waals surface area contributed by atoms with E-state index in [2.05, 4.69) is 15.2 Å². The largest absolute Gasteiger partial charge is 0.744 e. The SMILES string of the molecule is COc1ccc2nc(-[n+]3nc(-c4ccc(C)cc4S(=O)(=O)[O-])nn3-c3cc(S(=O)(=O)[O-])ccc3CO)sc2c1. The lowest BCUT2D eigenvalue weighted by Gasteiger charge is -2.11. The third-order valence-corrected chi connectivity index (χ3v) is 8.38. The standard InChI is InChI=1S/C23H19N5O8S3/c1-13-3-7-17(21(9-13)39(33,34)35)22-25-27(19-11-16(38(30,31)32)6-4-14(19)12-29)28(26-22)23-24-18-8-5-15(36-2)10-20(18)37-23/h3-11,29H,12H2,1-2H3,(H-,30,31,32,33,34,35)/p-1. The quantitative estimate of drug-likeness (QED) is 0.214. The number of aromatic nitrogens is 5. The fourth-order valence-electron chi connectivity index (χ4n) is 3.82. The lowest BCUT2D eigenvalue weighted by Crippen LogP contribution is -2.43. The molecule has 0 amide bonds. The summed E-state index contributed by atoms with van der Waals surface area (Å²) in [7, 11) is -8.32. The first-order valence-electron chi connectivity index (χ1n) is 11.0. The summed E-state index contributed by atoms with van der Waals surface area (Å²) in [6.07, 6.45) is 0. The molecule has 0 aliphatic carbocycles. The van der Waals surface area contributed by atoms with Gasteiger partial charge in [0.15, 0.2) is 5.52 Å². The highest BCUT2D eigenvalue weighted by atomic mass is 32.2. The third-order valence-electron chi connectivity index (χ3n) is 5.69. The molecule has 2 heterocycles. The highest BCUT2D eigenvalue weighted by Crippen LogP contribution is 2.29. The monoisotopic (exact) mass is 588 g/mol. The second-order valence-corrected chi connectivity index (χ2v) is 12.0. The van der Waals surface area contributed by atoms with E-state index in [1.165, 1.54) is 25.3 Å². The molecule has 0 unspecified atom stereocenters. The molecule has 0 bridgehead atoms. The molecule has 0 saturated heterocycles. The summed E-state index contributed by atoms with van der Waals surface area (Å²) in [5.74, 6) is 0.367. The number of tetrazole rings is 1. The molecule has 0 fully saturated rings. The molecule has 0 atom stereocenters. The fourth-order valence-corrected chi connectivity index (χ4v) is 6.00. The van der Waals surface area contributed by atoms with Gasteiger partial charge in [0.05, 0.1) is 33.8 Å². The molecule has 13 nitrogen and oxygen atoms in total. The number of rotatable bonds is 7. The molecule has 5 aromatic rings. The minimum atomic E-state index is -4.94. The van der Waals surface area contributed by atoms with Gasteiger partial charge in [0, 0.05) is 16.7 Å². The van der Waals surface area contributed by atoms with Crippen LogP contribution in [0.4, 0.5) is 0 Å². The molecule has 16 heteroatoms. The van der Waals surface area contributed by atoms with Crippen LogP contribution in [0.3, 0.4) is 0 Å². The summed E-state index contributed by atoms with van der Waals surface area (Å²) < 4.78 is 77.5. The zero-order chi connectivity index (χ0) is 28.1. The molecular formula is C23H18N5O8S3-. The van der Waals surface area contributed by atoms with Crippen LogP contribution >= 0.6 is 11.3 Å². The first-order chi connectivity index (χ1) is 18.4. The van der Waals surface area contributed by atoms with Crippen molar-refractivity contribution in [2.45, 2.75) is 23.3 Å². The van der Waals surface area contributed by atoms with Gasteiger partial charge < -0.3 is 18.9 Å². The summed E-state index contributed by atoms with van der Waals surface area (Å²) in [6, 6.07) is 12.6. The predicted octanol–water partition coefficient (Wildman–Crippen LogP) is 1.44. The molecule has 39 heavy (non-hydrogen) atoms. The van der Waals surface area contributed by atoms with Gasteiger partial charge in [0.1, 0.15) is 31.7 Å². The first-order valence-corrected chi connectivity index (χ1v) is 14.6. The Labute approximate surface area is 226 Å². The van der Waals surface area contributed by atoms with Crippen molar-refractivity contribution < 1.29 is 40.6 Å². The van der Waals surface area contributed by atoms with Crippen LogP contribution in [0.25, 0.3) is 32.4 Å². The Morgan fingerprint density at radius 3 is 2.46 bits per heavy atom. The number of aliphatic hydroxyl groups is 1. The van der Waals surface area contributed by atoms with Crippen molar-refractivity contribution in [3.8, 4) is 28.0 Å². The minimum absolute atomic E-state index is 0.0383. The van der Waals surface area contributed by atoms with E-state index < -0.39 is 36.6 Å². The molecule has 3 aromatic carbocycles. The van der Waals surface area contributed by atoms with E-state index in [9.17, 15) is 31.0 Å². The molecule has 0 saturated carbocycles. The zero-order valence-electron chi connectivity index (χ0n) is 20.2. The van der Waals surface area contributed by atoms with Crippen molar-refractivity contribution in [1.29, 1.82) is 0 Å².